The lowest BCUT2D eigenvalue weighted by Crippen LogP contribution is -2.25. The number of alkyl halides is 6. The van der Waals surface area contributed by atoms with Crippen molar-refractivity contribution in [3.8, 4) is 0 Å². The van der Waals surface area contributed by atoms with E-state index < -0.39 is 24.3 Å². The lowest BCUT2D eigenvalue weighted by molar-refractivity contribution is -0.193. The molecule has 2 fully saturated rings. The maximum Gasteiger partial charge on any atom is 0.490 e. The van der Waals surface area contributed by atoms with E-state index in [1.165, 1.54) is 26.2 Å². The topological polar surface area (TPSA) is 103 Å². The molecule has 0 spiro atoms. The minimum Gasteiger partial charge on any atom is -0.475 e. The Morgan fingerprint density at radius 1 is 0.964 bits per heavy atom. The number of carbonyl (C=O) groups is 2. The monoisotopic (exact) mass is 417 g/mol. The van der Waals surface area contributed by atoms with Crippen LogP contribution < -0.4 is 10.2 Å². The molecule has 158 valence electrons. The molecule has 1 aromatic heterocycles. The molecule has 1 aromatic rings. The van der Waals surface area contributed by atoms with Crippen LogP contribution in [0.5, 0.6) is 0 Å². The van der Waals surface area contributed by atoms with Crippen LogP contribution in [0.3, 0.4) is 0 Å². The van der Waals surface area contributed by atoms with E-state index in [0.29, 0.717) is 0 Å². The third kappa shape index (κ3) is 7.58. The fourth-order valence-corrected chi connectivity index (χ4v) is 2.58. The number of nitrogens with zero attached hydrogens (tertiary/aromatic N) is 2. The molecule has 28 heavy (non-hydrogen) atoms. The Balaban J connectivity index is 0.000000240. The van der Waals surface area contributed by atoms with Crippen LogP contribution in [0.1, 0.15) is 0 Å². The summed E-state index contributed by atoms with van der Waals surface area (Å²) >= 11 is 0. The van der Waals surface area contributed by atoms with Crippen molar-refractivity contribution >= 4 is 17.8 Å². The van der Waals surface area contributed by atoms with Crippen LogP contribution in [0.2, 0.25) is 0 Å². The van der Waals surface area contributed by atoms with E-state index in [1.807, 2.05) is 12.3 Å². The van der Waals surface area contributed by atoms with E-state index in [0.717, 1.165) is 17.7 Å². The van der Waals surface area contributed by atoms with Crippen molar-refractivity contribution in [1.29, 1.82) is 0 Å². The highest BCUT2D eigenvalue weighted by Crippen LogP contribution is 2.29. The lowest BCUT2D eigenvalue weighted by Gasteiger charge is -2.17. The van der Waals surface area contributed by atoms with Crippen LogP contribution in [0.15, 0.2) is 24.4 Å². The van der Waals surface area contributed by atoms with Gasteiger partial charge in [-0.25, -0.2) is 14.6 Å². The minimum atomic E-state index is -5.08. The number of halogens is 6. The molecule has 2 aliphatic heterocycles. The average molecular weight is 417 g/mol. The summed E-state index contributed by atoms with van der Waals surface area (Å²) in [5.41, 5.74) is 0. The number of pyridine rings is 1. The predicted molar refractivity (Wildman–Crippen MR) is 83.7 cm³/mol. The second-order valence-electron chi connectivity index (χ2n) is 5.88. The summed E-state index contributed by atoms with van der Waals surface area (Å²) in [6.45, 7) is 4.73. The molecule has 3 N–H and O–H groups in total. The van der Waals surface area contributed by atoms with Gasteiger partial charge in [0.2, 0.25) is 0 Å². The van der Waals surface area contributed by atoms with Crippen molar-refractivity contribution in [3.63, 3.8) is 0 Å². The van der Waals surface area contributed by atoms with Gasteiger partial charge in [-0.3, -0.25) is 0 Å². The number of rotatable bonds is 1. The first-order valence-corrected chi connectivity index (χ1v) is 7.79. The summed E-state index contributed by atoms with van der Waals surface area (Å²) in [6, 6.07) is 6.14. The minimum absolute atomic E-state index is 0.844. The van der Waals surface area contributed by atoms with Gasteiger partial charge in [-0.1, -0.05) is 6.07 Å². The van der Waals surface area contributed by atoms with Crippen LogP contribution >= 0.6 is 0 Å². The third-order valence-corrected chi connectivity index (χ3v) is 3.85. The number of aliphatic carboxylic acids is 2. The molecule has 0 radical (unpaired) electrons. The molecule has 7 nitrogen and oxygen atoms in total. The van der Waals surface area contributed by atoms with Crippen LogP contribution in [-0.2, 0) is 9.59 Å². The summed E-state index contributed by atoms with van der Waals surface area (Å²) in [5.74, 6) is -2.68. The highest BCUT2D eigenvalue weighted by Gasteiger charge is 2.39. The van der Waals surface area contributed by atoms with Crippen molar-refractivity contribution in [3.05, 3.63) is 24.4 Å². The van der Waals surface area contributed by atoms with E-state index in [-0.39, 0.29) is 0 Å². The number of aromatic nitrogens is 1. The number of carboxylic acid groups (broad SMARTS) is 2. The van der Waals surface area contributed by atoms with Gasteiger partial charge in [0.05, 0.1) is 0 Å². The van der Waals surface area contributed by atoms with Gasteiger partial charge in [0.1, 0.15) is 5.82 Å². The molecule has 0 amide bonds. The quantitative estimate of drug-likeness (QED) is 0.601. The highest BCUT2D eigenvalue weighted by molar-refractivity contribution is 5.73. The standard InChI is InChI=1S/C11H15N3.2C2HF3O2/c1-2-4-13-11(3-1)14-7-9-5-12-6-10(9)8-14;2*3-2(4,5)1(6)7/h1-4,9-10,12H,5-8H2;2*(H,6,7)/t9-,10-;;/m0../s1. The zero-order chi connectivity index (χ0) is 21.5. The van der Waals surface area contributed by atoms with Crippen molar-refractivity contribution in [2.45, 2.75) is 12.4 Å². The molecule has 2 atom stereocenters. The SMILES string of the molecule is O=C(O)C(F)(F)F.O=C(O)C(F)(F)F.c1ccc(N2C[C@@H]3CNC[C@H]3C2)nc1. The number of hydrogen-bond donors (Lipinski definition) is 3. The van der Waals surface area contributed by atoms with Gasteiger partial charge in [0.15, 0.2) is 0 Å². The Morgan fingerprint density at radius 3 is 1.71 bits per heavy atom. The third-order valence-electron chi connectivity index (χ3n) is 3.85. The molecule has 2 aliphatic rings. The molecule has 3 rings (SSSR count). The Kier molecular flexibility index (Phi) is 8.02. The smallest absolute Gasteiger partial charge is 0.475 e. The largest absolute Gasteiger partial charge is 0.490 e. The number of hydrogen-bond acceptors (Lipinski definition) is 5. The molecule has 3 heterocycles. The second kappa shape index (κ2) is 9.57. The van der Waals surface area contributed by atoms with Crippen LogP contribution in [0.25, 0.3) is 0 Å². The Labute approximate surface area is 155 Å². The van der Waals surface area contributed by atoms with Gasteiger partial charge in [-0.15, -0.1) is 0 Å². The Morgan fingerprint density at radius 2 is 1.39 bits per heavy atom. The summed E-state index contributed by atoms with van der Waals surface area (Å²) < 4.78 is 63.5. The van der Waals surface area contributed by atoms with Crippen LogP contribution in [0, 0.1) is 11.8 Å². The van der Waals surface area contributed by atoms with E-state index in [2.05, 4.69) is 27.3 Å². The zero-order valence-corrected chi connectivity index (χ0v) is 14.2. The fraction of sp³-hybridized carbons (Fsp3) is 0.533. The molecule has 13 heteroatoms. The lowest BCUT2D eigenvalue weighted by atomic mass is 10.0. The molecule has 0 aliphatic carbocycles. The molecule has 0 unspecified atom stereocenters. The van der Waals surface area contributed by atoms with Crippen LogP contribution in [-0.4, -0.2) is 65.7 Å². The van der Waals surface area contributed by atoms with Gasteiger partial charge in [0, 0.05) is 32.4 Å². The van der Waals surface area contributed by atoms with Gasteiger partial charge < -0.3 is 20.4 Å². The maximum atomic E-state index is 10.6. The van der Waals surface area contributed by atoms with E-state index in [1.54, 1.807) is 0 Å². The van der Waals surface area contributed by atoms with Gasteiger partial charge in [-0.05, 0) is 24.0 Å². The highest BCUT2D eigenvalue weighted by atomic mass is 19.4. The van der Waals surface area contributed by atoms with Crippen molar-refractivity contribution < 1.29 is 46.1 Å². The first-order valence-electron chi connectivity index (χ1n) is 7.79. The molecule has 0 bridgehead atoms. The second-order valence-corrected chi connectivity index (χ2v) is 5.88. The van der Waals surface area contributed by atoms with Gasteiger partial charge >= 0.3 is 24.3 Å². The number of anilines is 1. The van der Waals surface area contributed by atoms with Gasteiger partial charge in [-0.2, -0.15) is 26.3 Å². The average Bonchev–Trinajstić information content (AvgIpc) is 3.16. The first-order chi connectivity index (χ1) is 12.8. The fourth-order valence-electron chi connectivity index (χ4n) is 2.58. The number of nitrogens with one attached hydrogen (secondary N) is 1. The normalized spacial score (nSPS) is 21.0. The Bertz CT molecular complexity index is 617. The summed E-state index contributed by atoms with van der Waals surface area (Å²) in [5, 5.41) is 17.7. The van der Waals surface area contributed by atoms with E-state index >= 15 is 0 Å². The molecular formula is C15H17F6N3O4. The molecule has 0 aromatic carbocycles. The van der Waals surface area contributed by atoms with Gasteiger partial charge in [0.25, 0.3) is 0 Å². The zero-order valence-electron chi connectivity index (χ0n) is 14.2. The molecular weight excluding hydrogens is 400 g/mol. The first kappa shape index (κ1) is 23.5. The Hall–Kier alpha value is -2.57. The number of carboxylic acids is 2. The van der Waals surface area contributed by atoms with Crippen molar-refractivity contribution in [1.82, 2.24) is 10.3 Å². The number of fused-ring (bicyclic) bond motifs is 1. The summed E-state index contributed by atoms with van der Waals surface area (Å²) in [4.78, 5) is 24.6. The van der Waals surface area contributed by atoms with Crippen LogP contribution in [0.4, 0.5) is 32.2 Å². The van der Waals surface area contributed by atoms with E-state index in [9.17, 15) is 26.3 Å². The molecule has 0 saturated carbocycles. The van der Waals surface area contributed by atoms with E-state index in [4.69, 9.17) is 19.8 Å². The summed E-state index contributed by atoms with van der Waals surface area (Å²) in [6.07, 6.45) is -8.29. The summed E-state index contributed by atoms with van der Waals surface area (Å²) in [7, 11) is 0. The molecule has 2 saturated heterocycles. The predicted octanol–water partition coefficient (Wildman–Crippen LogP) is 2.00. The maximum absolute atomic E-state index is 10.6. The van der Waals surface area contributed by atoms with Crippen molar-refractivity contribution in [2.24, 2.45) is 11.8 Å². The van der Waals surface area contributed by atoms with Crippen molar-refractivity contribution in [2.75, 3.05) is 31.1 Å².